The van der Waals surface area contributed by atoms with E-state index in [0.29, 0.717) is 19.1 Å². The molecule has 1 saturated heterocycles. The number of amides is 1. The molecule has 6 heteroatoms. The zero-order valence-corrected chi connectivity index (χ0v) is 17.8. The second-order valence-corrected chi connectivity index (χ2v) is 8.84. The van der Waals surface area contributed by atoms with Crippen LogP contribution in [-0.4, -0.2) is 28.5 Å². The van der Waals surface area contributed by atoms with E-state index in [1.54, 1.807) is 12.1 Å². The number of benzene rings is 2. The van der Waals surface area contributed by atoms with Crippen LogP contribution < -0.4 is 10.2 Å². The van der Waals surface area contributed by atoms with Crippen molar-refractivity contribution >= 4 is 22.9 Å². The molecular formula is C25H29FN4O. The number of piperidine rings is 1. The standard InChI is InChI=1S/C25H29FN4O/c26-20-13-11-18(12-14-20)16-27-24(31)19-6-5-15-29(17-19)25-28-22-9-3-4-10-23(22)30(25)21-7-1-2-8-21/h3-4,9-14,19,21H,1-2,5-8,15-17H2,(H,27,31)/t19-/m0/s1. The van der Waals surface area contributed by atoms with E-state index in [-0.39, 0.29) is 17.6 Å². The Morgan fingerprint density at radius 2 is 1.81 bits per heavy atom. The Labute approximate surface area is 182 Å². The van der Waals surface area contributed by atoms with E-state index in [2.05, 4.69) is 33.0 Å². The third kappa shape index (κ3) is 4.16. The van der Waals surface area contributed by atoms with Gasteiger partial charge in [0.2, 0.25) is 11.9 Å². The first-order valence-electron chi connectivity index (χ1n) is 11.4. The monoisotopic (exact) mass is 420 g/mol. The minimum absolute atomic E-state index is 0.0639. The van der Waals surface area contributed by atoms with Gasteiger partial charge in [0, 0.05) is 25.7 Å². The van der Waals surface area contributed by atoms with Crippen molar-refractivity contribution in [3.63, 3.8) is 0 Å². The van der Waals surface area contributed by atoms with Crippen LogP contribution in [0, 0.1) is 11.7 Å². The number of rotatable bonds is 5. The molecule has 0 radical (unpaired) electrons. The molecule has 162 valence electrons. The molecule has 0 unspecified atom stereocenters. The summed E-state index contributed by atoms with van der Waals surface area (Å²) < 4.78 is 15.5. The number of carbonyl (C=O) groups excluding carboxylic acids is 1. The van der Waals surface area contributed by atoms with E-state index < -0.39 is 0 Å². The largest absolute Gasteiger partial charge is 0.352 e. The van der Waals surface area contributed by atoms with Gasteiger partial charge in [-0.1, -0.05) is 37.1 Å². The Morgan fingerprint density at radius 1 is 1.03 bits per heavy atom. The normalized spacial score (nSPS) is 19.8. The predicted molar refractivity (Wildman–Crippen MR) is 120 cm³/mol. The molecular weight excluding hydrogens is 391 g/mol. The molecule has 1 saturated carbocycles. The molecule has 1 atom stereocenters. The first-order chi connectivity index (χ1) is 15.2. The first kappa shape index (κ1) is 20.0. The number of aromatic nitrogens is 2. The van der Waals surface area contributed by atoms with Crippen molar-refractivity contribution in [1.82, 2.24) is 14.9 Å². The topological polar surface area (TPSA) is 50.2 Å². The summed E-state index contributed by atoms with van der Waals surface area (Å²) in [5.74, 6) is 0.760. The van der Waals surface area contributed by atoms with Crippen molar-refractivity contribution in [2.24, 2.45) is 5.92 Å². The summed E-state index contributed by atoms with van der Waals surface area (Å²) in [7, 11) is 0. The van der Waals surface area contributed by atoms with Crippen molar-refractivity contribution in [2.75, 3.05) is 18.0 Å². The van der Waals surface area contributed by atoms with Crippen molar-refractivity contribution in [3.05, 3.63) is 59.9 Å². The van der Waals surface area contributed by atoms with Crippen LogP contribution in [0.2, 0.25) is 0 Å². The fraction of sp³-hybridized carbons (Fsp3) is 0.440. The summed E-state index contributed by atoms with van der Waals surface area (Å²) in [6.07, 6.45) is 6.79. The summed E-state index contributed by atoms with van der Waals surface area (Å²) in [4.78, 5) is 20.2. The molecule has 1 amide bonds. The van der Waals surface area contributed by atoms with Crippen molar-refractivity contribution in [3.8, 4) is 0 Å². The summed E-state index contributed by atoms with van der Waals surface area (Å²) in [5.41, 5.74) is 3.14. The molecule has 1 aliphatic heterocycles. The van der Waals surface area contributed by atoms with Crippen LogP contribution in [0.1, 0.15) is 50.1 Å². The lowest BCUT2D eigenvalue weighted by Crippen LogP contribution is -2.44. The van der Waals surface area contributed by atoms with Crippen LogP contribution in [0.15, 0.2) is 48.5 Å². The SMILES string of the molecule is O=C(NCc1ccc(F)cc1)[C@H]1CCCN(c2nc3ccccc3n2C2CCCC2)C1. The third-order valence-corrected chi connectivity index (χ3v) is 6.72. The van der Waals surface area contributed by atoms with Crippen LogP contribution in [0.25, 0.3) is 11.0 Å². The number of carbonyl (C=O) groups is 1. The van der Waals surface area contributed by atoms with E-state index in [0.717, 1.165) is 36.4 Å². The number of halogens is 1. The van der Waals surface area contributed by atoms with E-state index in [9.17, 15) is 9.18 Å². The lowest BCUT2D eigenvalue weighted by Gasteiger charge is -2.34. The number of hydrogen-bond donors (Lipinski definition) is 1. The van der Waals surface area contributed by atoms with Gasteiger partial charge in [0.1, 0.15) is 5.82 Å². The summed E-state index contributed by atoms with van der Waals surface area (Å²) >= 11 is 0. The maximum atomic E-state index is 13.1. The lowest BCUT2D eigenvalue weighted by molar-refractivity contribution is -0.125. The molecule has 2 aromatic carbocycles. The highest BCUT2D eigenvalue weighted by Crippen LogP contribution is 2.37. The van der Waals surface area contributed by atoms with Crippen molar-refractivity contribution in [2.45, 2.75) is 51.1 Å². The van der Waals surface area contributed by atoms with Gasteiger partial charge in [0.15, 0.2) is 0 Å². The van der Waals surface area contributed by atoms with Crippen molar-refractivity contribution in [1.29, 1.82) is 0 Å². The maximum Gasteiger partial charge on any atom is 0.225 e. The molecule has 2 heterocycles. The Balaban J connectivity index is 1.33. The van der Waals surface area contributed by atoms with Gasteiger partial charge in [-0.2, -0.15) is 0 Å². The fourth-order valence-corrected chi connectivity index (χ4v) is 5.09. The highest BCUT2D eigenvalue weighted by atomic mass is 19.1. The quantitative estimate of drug-likeness (QED) is 0.644. The number of imidazole rings is 1. The Morgan fingerprint density at radius 3 is 2.61 bits per heavy atom. The third-order valence-electron chi connectivity index (χ3n) is 6.72. The fourth-order valence-electron chi connectivity index (χ4n) is 5.09. The molecule has 5 nitrogen and oxygen atoms in total. The van der Waals surface area contributed by atoms with E-state index in [4.69, 9.17) is 4.98 Å². The average molecular weight is 421 g/mol. The van der Waals surface area contributed by atoms with Crippen molar-refractivity contribution < 1.29 is 9.18 Å². The zero-order chi connectivity index (χ0) is 21.2. The summed E-state index contributed by atoms with van der Waals surface area (Å²) in [6, 6.07) is 15.2. The number of para-hydroxylation sites is 2. The number of nitrogens with zero attached hydrogens (tertiary/aromatic N) is 3. The van der Waals surface area contributed by atoms with Crippen LogP contribution in [0.3, 0.4) is 0 Å². The van der Waals surface area contributed by atoms with Gasteiger partial charge in [0.05, 0.1) is 17.0 Å². The summed E-state index contributed by atoms with van der Waals surface area (Å²) in [5, 5.41) is 3.04. The molecule has 1 aromatic heterocycles. The predicted octanol–water partition coefficient (Wildman–Crippen LogP) is 4.82. The highest BCUT2D eigenvalue weighted by Gasteiger charge is 2.31. The molecule has 1 N–H and O–H groups in total. The number of anilines is 1. The van der Waals surface area contributed by atoms with Gasteiger partial charge < -0.3 is 14.8 Å². The van der Waals surface area contributed by atoms with Gasteiger partial charge in [0.25, 0.3) is 0 Å². The Hall–Kier alpha value is -2.89. The van der Waals surface area contributed by atoms with Gasteiger partial charge in [-0.05, 0) is 55.5 Å². The van der Waals surface area contributed by atoms with Gasteiger partial charge in [-0.25, -0.2) is 9.37 Å². The van der Waals surface area contributed by atoms with Crippen LogP contribution in [0.5, 0.6) is 0 Å². The highest BCUT2D eigenvalue weighted by molar-refractivity contribution is 5.81. The molecule has 0 spiro atoms. The second-order valence-electron chi connectivity index (χ2n) is 8.84. The lowest BCUT2D eigenvalue weighted by atomic mass is 9.97. The Kier molecular flexibility index (Phi) is 5.62. The zero-order valence-electron chi connectivity index (χ0n) is 17.8. The Bertz CT molecular complexity index is 1060. The minimum Gasteiger partial charge on any atom is -0.352 e. The molecule has 2 aliphatic rings. The first-order valence-corrected chi connectivity index (χ1v) is 11.4. The van der Waals surface area contributed by atoms with E-state index >= 15 is 0 Å². The minimum atomic E-state index is -0.261. The molecule has 3 aromatic rings. The van der Waals surface area contributed by atoms with Gasteiger partial charge >= 0.3 is 0 Å². The molecule has 1 aliphatic carbocycles. The number of fused-ring (bicyclic) bond motifs is 1. The molecule has 2 fully saturated rings. The number of nitrogens with one attached hydrogen (secondary N) is 1. The second kappa shape index (κ2) is 8.69. The number of hydrogen-bond acceptors (Lipinski definition) is 3. The smallest absolute Gasteiger partial charge is 0.225 e. The average Bonchev–Trinajstić information content (AvgIpc) is 3.46. The van der Waals surface area contributed by atoms with E-state index in [1.807, 2.05) is 6.07 Å². The van der Waals surface area contributed by atoms with Gasteiger partial charge in [-0.3, -0.25) is 4.79 Å². The molecule has 31 heavy (non-hydrogen) atoms. The summed E-state index contributed by atoms with van der Waals surface area (Å²) in [6.45, 7) is 2.04. The molecule has 5 rings (SSSR count). The van der Waals surface area contributed by atoms with E-state index in [1.165, 1.54) is 43.3 Å². The van der Waals surface area contributed by atoms with Gasteiger partial charge in [-0.15, -0.1) is 0 Å². The van der Waals surface area contributed by atoms with Crippen LogP contribution in [0.4, 0.5) is 10.3 Å². The van der Waals surface area contributed by atoms with Crippen LogP contribution >= 0.6 is 0 Å². The van der Waals surface area contributed by atoms with Crippen LogP contribution in [-0.2, 0) is 11.3 Å². The molecule has 0 bridgehead atoms. The maximum absolute atomic E-state index is 13.1.